The van der Waals surface area contributed by atoms with E-state index in [9.17, 15) is 4.79 Å². The third-order valence-electron chi connectivity index (χ3n) is 6.13. The molecule has 1 fully saturated rings. The molecule has 0 aliphatic carbocycles. The summed E-state index contributed by atoms with van der Waals surface area (Å²) in [6, 6.07) is 29.9. The minimum atomic E-state index is -0.682. The average molecular weight is 523 g/mol. The first kappa shape index (κ1) is 27.5. The summed E-state index contributed by atoms with van der Waals surface area (Å²) in [5, 5.41) is 0.0172. The van der Waals surface area contributed by atoms with Crippen molar-refractivity contribution in [3.63, 3.8) is 0 Å². The molecule has 196 valence electrons. The summed E-state index contributed by atoms with van der Waals surface area (Å²) < 4.78 is 31.5. The van der Waals surface area contributed by atoms with Crippen molar-refractivity contribution >= 4 is 16.9 Å². The SMILES string of the molecule is CO[C@H]1OC(CSC(C)=O)[C@@H](OCc2ccccc2)C(OCc2ccccc2)C1OCc1ccccc1. The molecule has 0 N–H and O–H groups in total. The van der Waals surface area contributed by atoms with Crippen molar-refractivity contribution in [3.8, 4) is 0 Å². The molecule has 4 rings (SSSR count). The van der Waals surface area contributed by atoms with Crippen LogP contribution in [0.15, 0.2) is 91.0 Å². The van der Waals surface area contributed by atoms with Crippen molar-refractivity contribution in [1.82, 2.24) is 0 Å². The number of benzene rings is 3. The van der Waals surface area contributed by atoms with Crippen LogP contribution in [0.5, 0.6) is 0 Å². The van der Waals surface area contributed by atoms with E-state index < -0.39 is 30.7 Å². The van der Waals surface area contributed by atoms with Gasteiger partial charge in [-0.1, -0.05) is 103 Å². The lowest BCUT2D eigenvalue weighted by Crippen LogP contribution is -2.61. The van der Waals surface area contributed by atoms with E-state index in [0.717, 1.165) is 16.7 Å². The number of rotatable bonds is 12. The fraction of sp³-hybridized carbons (Fsp3) is 0.367. The predicted octanol–water partition coefficient (Wildman–Crippen LogP) is 5.39. The Morgan fingerprint density at radius 3 is 1.57 bits per heavy atom. The second-order valence-corrected chi connectivity index (χ2v) is 10.1. The Morgan fingerprint density at radius 1 is 0.703 bits per heavy atom. The van der Waals surface area contributed by atoms with E-state index in [1.54, 1.807) is 14.0 Å². The number of hydrogen-bond acceptors (Lipinski definition) is 7. The molecule has 1 aliphatic heterocycles. The van der Waals surface area contributed by atoms with Crippen LogP contribution in [-0.4, -0.2) is 48.7 Å². The number of carbonyl (C=O) groups excluding carboxylic acids is 1. The predicted molar refractivity (Wildman–Crippen MR) is 144 cm³/mol. The lowest BCUT2D eigenvalue weighted by atomic mass is 9.98. The molecule has 0 bridgehead atoms. The van der Waals surface area contributed by atoms with Gasteiger partial charge in [0.2, 0.25) is 0 Å². The van der Waals surface area contributed by atoms with Gasteiger partial charge in [0, 0.05) is 19.8 Å². The molecule has 0 saturated carbocycles. The van der Waals surface area contributed by atoms with Crippen molar-refractivity contribution in [1.29, 1.82) is 0 Å². The second-order valence-electron chi connectivity index (χ2n) is 8.86. The van der Waals surface area contributed by atoms with Gasteiger partial charge in [0.15, 0.2) is 11.4 Å². The number of hydrogen-bond donors (Lipinski definition) is 0. The number of carbonyl (C=O) groups is 1. The molecular weight excluding hydrogens is 488 g/mol. The monoisotopic (exact) mass is 522 g/mol. The van der Waals surface area contributed by atoms with Crippen LogP contribution in [-0.2, 0) is 48.3 Å². The maximum atomic E-state index is 11.8. The van der Waals surface area contributed by atoms with E-state index in [4.69, 9.17) is 23.7 Å². The fourth-order valence-corrected chi connectivity index (χ4v) is 4.94. The largest absolute Gasteiger partial charge is 0.368 e. The van der Waals surface area contributed by atoms with Crippen LogP contribution < -0.4 is 0 Å². The molecule has 0 radical (unpaired) electrons. The number of thioether (sulfide) groups is 1. The van der Waals surface area contributed by atoms with Gasteiger partial charge >= 0.3 is 0 Å². The quantitative estimate of drug-likeness (QED) is 0.316. The summed E-state index contributed by atoms with van der Waals surface area (Å²) >= 11 is 1.21. The zero-order valence-corrected chi connectivity index (χ0v) is 22.0. The lowest BCUT2D eigenvalue weighted by Gasteiger charge is -2.45. The second kappa shape index (κ2) is 14.4. The van der Waals surface area contributed by atoms with Crippen molar-refractivity contribution in [3.05, 3.63) is 108 Å². The third-order valence-corrected chi connectivity index (χ3v) is 7.03. The summed E-state index contributed by atoms with van der Waals surface area (Å²) in [4.78, 5) is 11.8. The molecule has 1 heterocycles. The molecular formula is C30H34O6S. The van der Waals surface area contributed by atoms with Gasteiger partial charge in [-0.2, -0.15) is 0 Å². The molecule has 1 saturated heterocycles. The Kier molecular flexibility index (Phi) is 10.7. The average Bonchev–Trinajstić information content (AvgIpc) is 2.94. The van der Waals surface area contributed by atoms with Crippen molar-refractivity contribution < 1.29 is 28.5 Å². The van der Waals surface area contributed by atoms with Gasteiger partial charge in [-0.25, -0.2) is 0 Å². The molecule has 3 unspecified atom stereocenters. The van der Waals surface area contributed by atoms with E-state index >= 15 is 0 Å². The first-order valence-corrected chi connectivity index (χ1v) is 13.4. The maximum absolute atomic E-state index is 11.8. The van der Waals surface area contributed by atoms with Gasteiger partial charge in [0.1, 0.15) is 18.3 Å². The van der Waals surface area contributed by atoms with Crippen LogP contribution in [0.1, 0.15) is 23.6 Å². The van der Waals surface area contributed by atoms with Crippen LogP contribution in [0, 0.1) is 0 Å². The molecule has 3 aromatic carbocycles. The molecule has 7 heteroatoms. The Hall–Kier alpha value is -2.52. The zero-order valence-electron chi connectivity index (χ0n) is 21.2. The molecule has 3 aromatic rings. The van der Waals surface area contributed by atoms with Gasteiger partial charge < -0.3 is 23.7 Å². The van der Waals surface area contributed by atoms with Crippen LogP contribution in [0.4, 0.5) is 0 Å². The van der Waals surface area contributed by atoms with E-state index in [0.29, 0.717) is 25.6 Å². The Morgan fingerprint density at radius 2 is 1.14 bits per heavy atom. The van der Waals surface area contributed by atoms with Gasteiger partial charge in [0.25, 0.3) is 0 Å². The van der Waals surface area contributed by atoms with E-state index in [-0.39, 0.29) is 5.12 Å². The Balaban J connectivity index is 1.60. The minimum Gasteiger partial charge on any atom is -0.368 e. The van der Waals surface area contributed by atoms with Crippen LogP contribution in [0.25, 0.3) is 0 Å². The van der Waals surface area contributed by atoms with Crippen LogP contribution in [0.3, 0.4) is 0 Å². The van der Waals surface area contributed by atoms with Gasteiger partial charge in [-0.3, -0.25) is 4.79 Å². The van der Waals surface area contributed by atoms with Crippen molar-refractivity contribution in [2.45, 2.75) is 57.5 Å². The first-order valence-electron chi connectivity index (χ1n) is 12.4. The summed E-state index contributed by atoms with van der Waals surface area (Å²) in [5.74, 6) is 0.422. The highest BCUT2D eigenvalue weighted by molar-refractivity contribution is 8.13. The zero-order chi connectivity index (χ0) is 25.9. The highest BCUT2D eigenvalue weighted by Gasteiger charge is 2.48. The lowest BCUT2D eigenvalue weighted by molar-refractivity contribution is -0.313. The highest BCUT2D eigenvalue weighted by atomic mass is 32.2. The normalized spacial score (nSPS) is 23.6. The highest BCUT2D eigenvalue weighted by Crippen LogP contribution is 2.32. The van der Waals surface area contributed by atoms with Crippen molar-refractivity contribution in [2.75, 3.05) is 12.9 Å². The van der Waals surface area contributed by atoms with Crippen molar-refractivity contribution in [2.24, 2.45) is 0 Å². The molecule has 0 aromatic heterocycles. The Bertz CT molecular complexity index is 1070. The maximum Gasteiger partial charge on any atom is 0.186 e. The number of methoxy groups -OCH3 is 1. The van der Waals surface area contributed by atoms with Crippen LogP contribution >= 0.6 is 11.8 Å². The molecule has 0 amide bonds. The van der Waals surface area contributed by atoms with E-state index in [1.807, 2.05) is 91.0 Å². The molecule has 37 heavy (non-hydrogen) atoms. The Labute approximate surface area is 223 Å². The fourth-order valence-electron chi connectivity index (χ4n) is 4.27. The molecule has 1 aliphatic rings. The van der Waals surface area contributed by atoms with Gasteiger partial charge in [0.05, 0.1) is 25.9 Å². The van der Waals surface area contributed by atoms with E-state index in [2.05, 4.69) is 0 Å². The summed E-state index contributed by atoms with van der Waals surface area (Å²) in [7, 11) is 1.60. The summed E-state index contributed by atoms with van der Waals surface area (Å²) in [6.07, 6.45) is -2.64. The smallest absolute Gasteiger partial charge is 0.186 e. The number of ether oxygens (including phenoxy) is 5. The molecule has 6 nitrogen and oxygen atoms in total. The molecule has 0 spiro atoms. The topological polar surface area (TPSA) is 63.2 Å². The van der Waals surface area contributed by atoms with Crippen LogP contribution in [0.2, 0.25) is 0 Å². The van der Waals surface area contributed by atoms with Gasteiger partial charge in [-0.05, 0) is 16.7 Å². The van der Waals surface area contributed by atoms with Gasteiger partial charge in [-0.15, -0.1) is 0 Å². The van der Waals surface area contributed by atoms with E-state index in [1.165, 1.54) is 11.8 Å². The standard InChI is InChI=1S/C30H34O6S/c1-22(31)37-21-26-27(33-18-23-12-6-3-7-13-23)28(34-19-24-14-8-4-9-15-24)29(30(32-2)36-26)35-20-25-16-10-5-11-17-25/h3-17,26-30H,18-21H2,1-2H3/t26?,27-,28?,29?,30+/m1/s1. The molecule has 5 atom stereocenters. The minimum absolute atomic E-state index is 0.0172. The summed E-state index contributed by atoms with van der Waals surface area (Å²) in [5.41, 5.74) is 3.12. The first-order chi connectivity index (χ1) is 18.1. The summed E-state index contributed by atoms with van der Waals surface area (Å²) in [6.45, 7) is 2.68. The third kappa shape index (κ3) is 8.23.